The molecule has 0 aliphatic carbocycles. The lowest BCUT2D eigenvalue weighted by Gasteiger charge is -2.28. The smallest absolute Gasteiger partial charge is 0.244 e. The summed E-state index contributed by atoms with van der Waals surface area (Å²) in [4.78, 5) is 4.39. The number of hydrogen-bond donors (Lipinski definition) is 1. The first-order valence-electron chi connectivity index (χ1n) is 7.64. The summed E-state index contributed by atoms with van der Waals surface area (Å²) in [6.45, 7) is 4.13. The van der Waals surface area contributed by atoms with Gasteiger partial charge in [0.15, 0.2) is 5.82 Å². The van der Waals surface area contributed by atoms with Crippen molar-refractivity contribution >= 4 is 6.08 Å². The van der Waals surface area contributed by atoms with Crippen molar-refractivity contribution in [3.8, 4) is 0 Å². The van der Waals surface area contributed by atoms with Crippen molar-refractivity contribution in [2.75, 3.05) is 19.8 Å². The van der Waals surface area contributed by atoms with Crippen LogP contribution in [0, 0.1) is 12.8 Å². The highest BCUT2D eigenvalue weighted by Gasteiger charge is 2.28. The number of aromatic nitrogens is 2. The number of nitrogens with one attached hydrogen (secondary N) is 1. The molecule has 0 amide bonds. The Hall–Kier alpha value is -1.92. The minimum Gasteiger partial charge on any atom is -0.465 e. The van der Waals surface area contributed by atoms with E-state index >= 15 is 0 Å². The Morgan fingerprint density at radius 3 is 2.95 bits per heavy atom. The van der Waals surface area contributed by atoms with Gasteiger partial charge in [0.25, 0.3) is 0 Å². The van der Waals surface area contributed by atoms with E-state index in [0.717, 1.165) is 31.8 Å². The molecule has 0 radical (unpaired) electrons. The molecule has 1 aliphatic rings. The van der Waals surface area contributed by atoms with Crippen LogP contribution < -0.4 is 5.32 Å². The van der Waals surface area contributed by atoms with Gasteiger partial charge >= 0.3 is 0 Å². The highest BCUT2D eigenvalue weighted by Crippen LogP contribution is 2.29. The zero-order valence-corrected chi connectivity index (χ0v) is 12.7. The van der Waals surface area contributed by atoms with Gasteiger partial charge in [0.1, 0.15) is 5.76 Å². The van der Waals surface area contributed by atoms with Gasteiger partial charge in [0.2, 0.25) is 5.89 Å². The quantitative estimate of drug-likeness (QED) is 0.884. The van der Waals surface area contributed by atoms with Crippen LogP contribution in [0.3, 0.4) is 0 Å². The van der Waals surface area contributed by atoms with Crippen LogP contribution in [0.1, 0.15) is 36.4 Å². The lowest BCUT2D eigenvalue weighted by Crippen LogP contribution is -2.32. The van der Waals surface area contributed by atoms with E-state index in [-0.39, 0.29) is 6.04 Å². The molecule has 3 rings (SSSR count). The Kier molecular flexibility index (Phi) is 5.03. The monoisotopic (exact) mass is 303 g/mol. The number of nitrogens with zero attached hydrogens (tertiary/aromatic N) is 2. The van der Waals surface area contributed by atoms with Crippen molar-refractivity contribution in [1.29, 1.82) is 0 Å². The number of ether oxygens (including phenoxy) is 1. The van der Waals surface area contributed by atoms with Gasteiger partial charge in [-0.1, -0.05) is 11.2 Å². The van der Waals surface area contributed by atoms with Gasteiger partial charge in [-0.2, -0.15) is 4.98 Å². The van der Waals surface area contributed by atoms with Crippen LogP contribution in [0.4, 0.5) is 0 Å². The molecule has 1 atom stereocenters. The Morgan fingerprint density at radius 1 is 1.41 bits per heavy atom. The molecule has 0 spiro atoms. The molecule has 2 aromatic heterocycles. The van der Waals surface area contributed by atoms with Gasteiger partial charge in [0.05, 0.1) is 12.3 Å². The van der Waals surface area contributed by atoms with Crippen LogP contribution >= 0.6 is 0 Å². The average Bonchev–Trinajstić information content (AvgIpc) is 3.20. The maximum atomic E-state index is 5.44. The van der Waals surface area contributed by atoms with Crippen molar-refractivity contribution in [3.05, 3.63) is 41.9 Å². The normalized spacial score (nSPS) is 18.0. The van der Waals surface area contributed by atoms with Crippen LogP contribution in [-0.4, -0.2) is 29.9 Å². The molecule has 1 N–H and O–H groups in total. The highest BCUT2D eigenvalue weighted by molar-refractivity contribution is 5.42. The van der Waals surface area contributed by atoms with Gasteiger partial charge in [-0.3, -0.25) is 0 Å². The van der Waals surface area contributed by atoms with E-state index in [1.165, 1.54) is 0 Å². The minimum atomic E-state index is 0.0614. The van der Waals surface area contributed by atoms with Crippen molar-refractivity contribution in [2.24, 2.45) is 5.92 Å². The standard InChI is InChI=1S/C16H21N3O3/c1-12-18-16(22-19-12)15(13-6-10-20-11-7-13)17-8-2-4-14-5-3-9-21-14/h2-5,9,13,15,17H,6-8,10-11H2,1H3/b4-2+. The zero-order chi connectivity index (χ0) is 15.2. The average molecular weight is 303 g/mol. The lowest BCUT2D eigenvalue weighted by molar-refractivity contribution is 0.0494. The summed E-state index contributed by atoms with van der Waals surface area (Å²) >= 11 is 0. The van der Waals surface area contributed by atoms with E-state index < -0.39 is 0 Å². The molecule has 1 saturated heterocycles. The second-order valence-electron chi connectivity index (χ2n) is 5.43. The van der Waals surface area contributed by atoms with Crippen molar-refractivity contribution in [2.45, 2.75) is 25.8 Å². The second-order valence-corrected chi connectivity index (χ2v) is 5.43. The molecule has 0 saturated carbocycles. The van der Waals surface area contributed by atoms with Gasteiger partial charge in [-0.05, 0) is 43.9 Å². The van der Waals surface area contributed by atoms with Crippen LogP contribution in [-0.2, 0) is 4.74 Å². The maximum absolute atomic E-state index is 5.44. The van der Waals surface area contributed by atoms with E-state index in [1.807, 2.05) is 31.2 Å². The molecule has 6 heteroatoms. The minimum absolute atomic E-state index is 0.0614. The summed E-state index contributed by atoms with van der Waals surface area (Å²) in [5, 5.41) is 7.41. The largest absolute Gasteiger partial charge is 0.465 e. The first-order chi connectivity index (χ1) is 10.8. The Labute approximate surface area is 129 Å². The molecule has 1 fully saturated rings. The summed E-state index contributed by atoms with van der Waals surface area (Å²) in [7, 11) is 0. The first kappa shape index (κ1) is 15.0. The Bertz CT molecular complexity index is 586. The van der Waals surface area contributed by atoms with Gasteiger partial charge in [-0.15, -0.1) is 0 Å². The molecular weight excluding hydrogens is 282 g/mol. The molecule has 6 nitrogen and oxygen atoms in total. The highest BCUT2D eigenvalue weighted by atomic mass is 16.5. The number of furan rings is 1. The molecule has 3 heterocycles. The van der Waals surface area contributed by atoms with Crippen LogP contribution in [0.15, 0.2) is 33.4 Å². The maximum Gasteiger partial charge on any atom is 0.244 e. The van der Waals surface area contributed by atoms with E-state index in [1.54, 1.807) is 6.26 Å². The van der Waals surface area contributed by atoms with Gasteiger partial charge in [-0.25, -0.2) is 0 Å². The summed E-state index contributed by atoms with van der Waals surface area (Å²) in [6, 6.07) is 3.86. The fraction of sp³-hybridized carbons (Fsp3) is 0.500. The Balaban J connectivity index is 1.63. The van der Waals surface area contributed by atoms with E-state index in [4.69, 9.17) is 13.7 Å². The molecular formula is C16H21N3O3. The summed E-state index contributed by atoms with van der Waals surface area (Å²) in [5.74, 6) is 2.62. The van der Waals surface area contributed by atoms with Crippen molar-refractivity contribution < 1.29 is 13.7 Å². The van der Waals surface area contributed by atoms with Crippen molar-refractivity contribution in [3.63, 3.8) is 0 Å². The van der Waals surface area contributed by atoms with E-state index in [0.29, 0.717) is 24.2 Å². The number of hydrogen-bond acceptors (Lipinski definition) is 6. The fourth-order valence-electron chi connectivity index (χ4n) is 2.70. The predicted octanol–water partition coefficient (Wildman–Crippen LogP) is 2.74. The zero-order valence-electron chi connectivity index (χ0n) is 12.7. The van der Waals surface area contributed by atoms with Crippen LogP contribution in [0.25, 0.3) is 6.08 Å². The third kappa shape index (κ3) is 3.84. The molecule has 2 aromatic rings. The Morgan fingerprint density at radius 2 is 2.27 bits per heavy atom. The predicted molar refractivity (Wildman–Crippen MR) is 81.1 cm³/mol. The number of rotatable bonds is 6. The molecule has 22 heavy (non-hydrogen) atoms. The molecule has 118 valence electrons. The molecule has 1 unspecified atom stereocenters. The third-order valence-electron chi connectivity index (χ3n) is 3.83. The van der Waals surface area contributed by atoms with E-state index in [9.17, 15) is 0 Å². The summed E-state index contributed by atoms with van der Waals surface area (Å²) < 4.78 is 16.1. The summed E-state index contributed by atoms with van der Waals surface area (Å²) in [6.07, 6.45) is 7.66. The molecule has 0 aromatic carbocycles. The van der Waals surface area contributed by atoms with Crippen LogP contribution in [0.5, 0.6) is 0 Å². The van der Waals surface area contributed by atoms with Gasteiger partial charge < -0.3 is 19.0 Å². The first-order valence-corrected chi connectivity index (χ1v) is 7.64. The third-order valence-corrected chi connectivity index (χ3v) is 3.83. The fourth-order valence-corrected chi connectivity index (χ4v) is 2.70. The van der Waals surface area contributed by atoms with E-state index in [2.05, 4.69) is 15.5 Å². The topological polar surface area (TPSA) is 73.3 Å². The second kappa shape index (κ2) is 7.38. The summed E-state index contributed by atoms with van der Waals surface area (Å²) in [5.41, 5.74) is 0. The SMILES string of the molecule is Cc1noc(C(NC/C=C/c2ccco2)C2CCOCC2)n1. The molecule has 0 bridgehead atoms. The lowest BCUT2D eigenvalue weighted by atomic mass is 9.91. The number of aryl methyl sites for hydroxylation is 1. The molecule has 1 aliphatic heterocycles. The van der Waals surface area contributed by atoms with Crippen LogP contribution in [0.2, 0.25) is 0 Å². The van der Waals surface area contributed by atoms with Crippen molar-refractivity contribution in [1.82, 2.24) is 15.5 Å². The van der Waals surface area contributed by atoms with Gasteiger partial charge in [0, 0.05) is 19.8 Å².